The molecule has 2 aromatic heterocycles. The van der Waals surface area contributed by atoms with Gasteiger partial charge in [-0.2, -0.15) is 5.10 Å². The summed E-state index contributed by atoms with van der Waals surface area (Å²) in [6, 6.07) is 1.64. The van der Waals surface area contributed by atoms with Crippen molar-refractivity contribution in [2.75, 3.05) is 27.7 Å². The van der Waals surface area contributed by atoms with Crippen LogP contribution in [0.5, 0.6) is 5.75 Å². The molecule has 0 spiro atoms. The van der Waals surface area contributed by atoms with Crippen LogP contribution in [0, 0.1) is 0 Å². The van der Waals surface area contributed by atoms with Crippen molar-refractivity contribution in [2.24, 2.45) is 5.84 Å². The molecule has 0 fully saturated rings. The molecular formula is C13H21N5O2. The summed E-state index contributed by atoms with van der Waals surface area (Å²) < 4.78 is 12.4. The molecule has 2 heterocycles. The Bertz CT molecular complexity index is 521. The molecule has 0 aromatic carbocycles. The lowest BCUT2D eigenvalue weighted by Crippen LogP contribution is -2.31. The number of hydrogen-bond donors (Lipinski definition) is 2. The second-order valence-electron chi connectivity index (χ2n) is 4.78. The summed E-state index contributed by atoms with van der Waals surface area (Å²) >= 11 is 0. The summed E-state index contributed by atoms with van der Waals surface area (Å²) in [5, 5.41) is 4.38. The normalized spacial score (nSPS) is 12.8. The summed E-state index contributed by atoms with van der Waals surface area (Å²) in [5.74, 6) is 6.41. The third-order valence-corrected chi connectivity index (χ3v) is 3.14. The van der Waals surface area contributed by atoms with Crippen LogP contribution in [0.2, 0.25) is 0 Å². The molecule has 110 valence electrons. The van der Waals surface area contributed by atoms with E-state index in [-0.39, 0.29) is 6.04 Å². The fourth-order valence-electron chi connectivity index (χ4n) is 2.07. The highest BCUT2D eigenvalue weighted by atomic mass is 16.5. The molecule has 0 saturated heterocycles. The van der Waals surface area contributed by atoms with Gasteiger partial charge >= 0.3 is 0 Å². The first-order valence-electron chi connectivity index (χ1n) is 6.40. The van der Waals surface area contributed by atoms with Gasteiger partial charge in [0.2, 0.25) is 0 Å². The third-order valence-electron chi connectivity index (χ3n) is 3.14. The van der Waals surface area contributed by atoms with E-state index in [0.29, 0.717) is 5.75 Å². The Kier molecular flexibility index (Phi) is 4.78. The Morgan fingerprint density at radius 2 is 2.35 bits per heavy atom. The van der Waals surface area contributed by atoms with Crippen LogP contribution >= 0.6 is 0 Å². The van der Waals surface area contributed by atoms with Crippen molar-refractivity contribution in [1.82, 2.24) is 20.1 Å². The number of ether oxygens (including phenoxy) is 1. The average Bonchev–Trinajstić information content (AvgIpc) is 3.07. The molecule has 1 unspecified atom stereocenters. The van der Waals surface area contributed by atoms with Gasteiger partial charge in [-0.25, -0.2) is 5.43 Å². The summed E-state index contributed by atoms with van der Waals surface area (Å²) in [7, 11) is 5.67. The number of nitrogens with zero attached hydrogens (tertiary/aromatic N) is 3. The molecule has 0 bridgehead atoms. The lowest BCUT2D eigenvalue weighted by Gasteiger charge is -2.19. The van der Waals surface area contributed by atoms with E-state index < -0.39 is 0 Å². The number of aromatic nitrogens is 2. The van der Waals surface area contributed by atoms with Crippen molar-refractivity contribution in [3.8, 4) is 5.75 Å². The van der Waals surface area contributed by atoms with E-state index in [0.717, 1.165) is 24.3 Å². The van der Waals surface area contributed by atoms with Crippen LogP contribution in [0.1, 0.15) is 17.3 Å². The zero-order valence-corrected chi connectivity index (χ0v) is 12.0. The molecule has 3 N–H and O–H groups in total. The zero-order valence-electron chi connectivity index (χ0n) is 12.0. The lowest BCUT2D eigenvalue weighted by atomic mass is 10.1. The predicted molar refractivity (Wildman–Crippen MR) is 75.2 cm³/mol. The van der Waals surface area contributed by atoms with Crippen molar-refractivity contribution >= 4 is 0 Å². The van der Waals surface area contributed by atoms with Crippen LogP contribution in [-0.2, 0) is 6.54 Å². The summed E-state index contributed by atoms with van der Waals surface area (Å²) in [5.41, 5.74) is 4.61. The second-order valence-corrected chi connectivity index (χ2v) is 4.78. The van der Waals surface area contributed by atoms with Crippen LogP contribution < -0.4 is 16.0 Å². The van der Waals surface area contributed by atoms with E-state index in [1.54, 1.807) is 25.8 Å². The number of nitrogens with two attached hydrogens (primary N) is 1. The van der Waals surface area contributed by atoms with E-state index in [9.17, 15) is 0 Å². The number of nitrogens with one attached hydrogen (secondary N) is 1. The Morgan fingerprint density at radius 1 is 1.55 bits per heavy atom. The molecule has 0 aliphatic heterocycles. The van der Waals surface area contributed by atoms with Crippen molar-refractivity contribution in [2.45, 2.75) is 12.6 Å². The highest BCUT2D eigenvalue weighted by molar-refractivity contribution is 5.35. The predicted octanol–water partition coefficient (Wildman–Crippen LogP) is 0.599. The Labute approximate surface area is 118 Å². The van der Waals surface area contributed by atoms with E-state index in [1.165, 1.54) is 0 Å². The van der Waals surface area contributed by atoms with Gasteiger partial charge in [0.05, 0.1) is 38.4 Å². The largest absolute Gasteiger partial charge is 0.493 e. The molecule has 0 radical (unpaired) electrons. The van der Waals surface area contributed by atoms with Crippen molar-refractivity contribution in [1.29, 1.82) is 0 Å². The molecule has 0 saturated carbocycles. The fourth-order valence-corrected chi connectivity index (χ4v) is 2.07. The van der Waals surface area contributed by atoms with Crippen molar-refractivity contribution < 1.29 is 9.15 Å². The molecule has 0 aliphatic rings. The Hall–Kier alpha value is -1.83. The number of hydrazine groups is 1. The first-order valence-corrected chi connectivity index (χ1v) is 6.40. The average molecular weight is 279 g/mol. The minimum atomic E-state index is -0.228. The SMILES string of the molecule is COc1cnn(CCN(C)C)c1C(NN)c1ccoc1. The maximum atomic E-state index is 5.70. The lowest BCUT2D eigenvalue weighted by molar-refractivity contribution is 0.359. The molecule has 20 heavy (non-hydrogen) atoms. The molecule has 7 heteroatoms. The minimum Gasteiger partial charge on any atom is -0.493 e. The third kappa shape index (κ3) is 3.01. The standard InChI is InChI=1S/C13H21N5O2/c1-17(2)5-6-18-13(11(19-3)8-15-18)12(16-14)10-4-7-20-9-10/h4,7-9,12,16H,5-6,14H2,1-3H3. The zero-order chi connectivity index (χ0) is 14.5. The van der Waals surface area contributed by atoms with Gasteiger partial charge in [-0.05, 0) is 20.2 Å². The quantitative estimate of drug-likeness (QED) is 0.570. The van der Waals surface area contributed by atoms with Crippen LogP contribution in [0.4, 0.5) is 0 Å². The van der Waals surface area contributed by atoms with Gasteiger partial charge in [0, 0.05) is 12.1 Å². The summed E-state index contributed by atoms with van der Waals surface area (Å²) in [6.45, 7) is 1.63. The molecule has 2 rings (SSSR count). The minimum absolute atomic E-state index is 0.228. The topological polar surface area (TPSA) is 81.5 Å². The molecule has 7 nitrogen and oxygen atoms in total. The summed E-state index contributed by atoms with van der Waals surface area (Å²) in [6.07, 6.45) is 4.98. The molecule has 0 aliphatic carbocycles. The number of hydrogen-bond acceptors (Lipinski definition) is 6. The van der Waals surface area contributed by atoms with Crippen molar-refractivity contribution in [3.05, 3.63) is 36.0 Å². The van der Waals surface area contributed by atoms with Gasteiger partial charge in [-0.3, -0.25) is 10.5 Å². The van der Waals surface area contributed by atoms with E-state index in [2.05, 4.69) is 15.4 Å². The monoisotopic (exact) mass is 279 g/mol. The number of methoxy groups -OCH3 is 1. The Balaban J connectivity index is 2.34. The molecule has 0 amide bonds. The van der Waals surface area contributed by atoms with Gasteiger partial charge in [0.25, 0.3) is 0 Å². The fraction of sp³-hybridized carbons (Fsp3) is 0.462. The highest BCUT2D eigenvalue weighted by Crippen LogP contribution is 2.29. The maximum Gasteiger partial charge on any atom is 0.161 e. The molecular weight excluding hydrogens is 258 g/mol. The van der Waals surface area contributed by atoms with Gasteiger partial charge in [0.15, 0.2) is 5.75 Å². The van der Waals surface area contributed by atoms with Crippen LogP contribution in [0.3, 0.4) is 0 Å². The number of furan rings is 1. The Morgan fingerprint density at radius 3 is 2.90 bits per heavy atom. The van der Waals surface area contributed by atoms with Crippen LogP contribution in [-0.4, -0.2) is 42.4 Å². The van der Waals surface area contributed by atoms with E-state index >= 15 is 0 Å². The van der Waals surface area contributed by atoms with Crippen LogP contribution in [0.25, 0.3) is 0 Å². The van der Waals surface area contributed by atoms with Gasteiger partial charge in [-0.1, -0.05) is 0 Å². The van der Waals surface area contributed by atoms with E-state index in [4.69, 9.17) is 15.0 Å². The van der Waals surface area contributed by atoms with Gasteiger partial charge < -0.3 is 14.1 Å². The molecule has 2 aromatic rings. The first-order chi connectivity index (χ1) is 9.67. The maximum absolute atomic E-state index is 5.70. The van der Waals surface area contributed by atoms with Crippen LogP contribution in [0.15, 0.2) is 29.2 Å². The highest BCUT2D eigenvalue weighted by Gasteiger charge is 2.23. The smallest absolute Gasteiger partial charge is 0.161 e. The van der Waals surface area contributed by atoms with Crippen molar-refractivity contribution in [3.63, 3.8) is 0 Å². The van der Waals surface area contributed by atoms with Gasteiger partial charge in [0.1, 0.15) is 5.69 Å². The molecule has 1 atom stereocenters. The first kappa shape index (κ1) is 14.6. The van der Waals surface area contributed by atoms with Gasteiger partial charge in [-0.15, -0.1) is 0 Å². The second kappa shape index (κ2) is 6.56. The number of likely N-dealkylation sites (N-methyl/N-ethyl adjacent to an activating group) is 1. The summed E-state index contributed by atoms with van der Waals surface area (Å²) in [4.78, 5) is 2.10. The number of rotatable bonds is 7. The van der Waals surface area contributed by atoms with E-state index in [1.807, 2.05) is 24.8 Å².